The summed E-state index contributed by atoms with van der Waals surface area (Å²) < 4.78 is 0. The summed E-state index contributed by atoms with van der Waals surface area (Å²) in [5.41, 5.74) is 2.11. The van der Waals surface area contributed by atoms with Crippen LogP contribution in [0.4, 0.5) is 10.5 Å². The fraction of sp³-hybridized carbons (Fsp3) is 0.333. The number of anilines is 1. The number of aromatic nitrogens is 1. The van der Waals surface area contributed by atoms with Gasteiger partial charge in [-0.15, -0.1) is 0 Å². The Balaban J connectivity index is 1.71. The van der Waals surface area contributed by atoms with Crippen LogP contribution >= 0.6 is 0 Å². The van der Waals surface area contributed by atoms with Crippen molar-refractivity contribution in [1.29, 1.82) is 0 Å². The quantitative estimate of drug-likeness (QED) is 0.919. The zero-order valence-corrected chi connectivity index (χ0v) is 12.8. The zero-order chi connectivity index (χ0) is 15.4. The number of urea groups is 1. The molecule has 1 aliphatic heterocycles. The molecule has 1 aliphatic rings. The molecule has 2 heterocycles. The van der Waals surface area contributed by atoms with E-state index in [9.17, 15) is 4.79 Å². The minimum atomic E-state index is -0.0342. The molecular formula is C18H21N3O. The Morgan fingerprint density at radius 3 is 2.64 bits per heavy atom. The van der Waals surface area contributed by atoms with Gasteiger partial charge in [0.25, 0.3) is 0 Å². The third-order valence-electron chi connectivity index (χ3n) is 4.39. The molecule has 1 unspecified atom stereocenters. The highest BCUT2D eigenvalue weighted by Gasteiger charge is 2.34. The van der Waals surface area contributed by atoms with Gasteiger partial charge in [0.15, 0.2) is 0 Å². The van der Waals surface area contributed by atoms with Gasteiger partial charge < -0.3 is 10.2 Å². The van der Waals surface area contributed by atoms with Crippen molar-refractivity contribution in [2.75, 3.05) is 18.4 Å². The molecule has 0 saturated carbocycles. The van der Waals surface area contributed by atoms with Gasteiger partial charge in [0.05, 0.1) is 0 Å². The van der Waals surface area contributed by atoms with E-state index in [1.807, 2.05) is 11.0 Å². The van der Waals surface area contributed by atoms with Crippen LogP contribution in [0.1, 0.15) is 25.3 Å². The molecule has 1 aromatic carbocycles. The number of likely N-dealkylation sites (tertiary alicyclic amines) is 1. The van der Waals surface area contributed by atoms with Crippen LogP contribution in [0, 0.1) is 0 Å². The van der Waals surface area contributed by atoms with E-state index in [-0.39, 0.29) is 11.4 Å². The number of amides is 2. The summed E-state index contributed by atoms with van der Waals surface area (Å²) in [7, 11) is 0. The molecule has 1 atom stereocenters. The van der Waals surface area contributed by atoms with Crippen molar-refractivity contribution in [3.05, 3.63) is 60.4 Å². The van der Waals surface area contributed by atoms with Crippen LogP contribution in [0.25, 0.3) is 0 Å². The molecule has 1 saturated heterocycles. The molecule has 22 heavy (non-hydrogen) atoms. The fourth-order valence-corrected chi connectivity index (χ4v) is 3.13. The van der Waals surface area contributed by atoms with E-state index in [1.54, 1.807) is 24.5 Å². The van der Waals surface area contributed by atoms with Gasteiger partial charge in [0.1, 0.15) is 0 Å². The van der Waals surface area contributed by atoms with Gasteiger partial charge in [-0.2, -0.15) is 0 Å². The molecule has 2 amide bonds. The lowest BCUT2D eigenvalue weighted by Crippen LogP contribution is -2.48. The Morgan fingerprint density at radius 1 is 1.18 bits per heavy atom. The Kier molecular flexibility index (Phi) is 4.09. The zero-order valence-electron chi connectivity index (χ0n) is 12.8. The average molecular weight is 295 g/mol. The lowest BCUT2D eigenvalue weighted by molar-refractivity contribution is 0.167. The lowest BCUT2D eigenvalue weighted by atomic mass is 9.76. The van der Waals surface area contributed by atoms with Crippen molar-refractivity contribution in [1.82, 2.24) is 9.88 Å². The highest BCUT2D eigenvalue weighted by Crippen LogP contribution is 2.33. The van der Waals surface area contributed by atoms with Gasteiger partial charge in [-0.3, -0.25) is 4.98 Å². The number of nitrogens with one attached hydrogen (secondary N) is 1. The summed E-state index contributed by atoms with van der Waals surface area (Å²) >= 11 is 0. The summed E-state index contributed by atoms with van der Waals surface area (Å²) in [6, 6.07) is 14.1. The van der Waals surface area contributed by atoms with Crippen LogP contribution in [-0.2, 0) is 5.41 Å². The van der Waals surface area contributed by atoms with Gasteiger partial charge in [-0.1, -0.05) is 37.3 Å². The maximum atomic E-state index is 12.5. The van der Waals surface area contributed by atoms with E-state index in [2.05, 4.69) is 41.5 Å². The molecule has 1 N–H and O–H groups in total. The Labute approximate surface area is 131 Å². The maximum absolute atomic E-state index is 12.5. The van der Waals surface area contributed by atoms with E-state index in [0.717, 1.165) is 31.6 Å². The minimum Gasteiger partial charge on any atom is -0.324 e. The van der Waals surface area contributed by atoms with Crippen molar-refractivity contribution in [3.8, 4) is 0 Å². The monoisotopic (exact) mass is 295 g/mol. The standard InChI is InChI=1S/C18H21N3O/c1-18(15-6-3-2-4-7-15)10-5-13-21(14-18)17(22)20-16-8-11-19-12-9-16/h2-4,6-9,11-12H,5,10,13-14H2,1H3,(H,19,20,22). The van der Waals surface area contributed by atoms with Crippen LogP contribution in [0.3, 0.4) is 0 Å². The highest BCUT2D eigenvalue weighted by molar-refractivity contribution is 5.89. The first-order valence-electron chi connectivity index (χ1n) is 7.69. The Morgan fingerprint density at radius 2 is 1.91 bits per heavy atom. The third-order valence-corrected chi connectivity index (χ3v) is 4.39. The van der Waals surface area contributed by atoms with Gasteiger partial charge in [0, 0.05) is 36.6 Å². The number of nitrogens with zero attached hydrogens (tertiary/aromatic N) is 2. The molecular weight excluding hydrogens is 274 g/mol. The summed E-state index contributed by atoms with van der Waals surface area (Å²) in [5.74, 6) is 0. The minimum absolute atomic E-state index is 0.0229. The SMILES string of the molecule is CC1(c2ccccc2)CCCN(C(=O)Nc2ccncc2)C1. The number of hydrogen-bond acceptors (Lipinski definition) is 2. The van der Waals surface area contributed by atoms with Crippen molar-refractivity contribution in [2.24, 2.45) is 0 Å². The summed E-state index contributed by atoms with van der Waals surface area (Å²) in [6.45, 7) is 3.79. The largest absolute Gasteiger partial charge is 0.324 e. The summed E-state index contributed by atoms with van der Waals surface area (Å²) in [4.78, 5) is 18.4. The van der Waals surface area contributed by atoms with Crippen molar-refractivity contribution >= 4 is 11.7 Å². The molecule has 1 fully saturated rings. The second kappa shape index (κ2) is 6.18. The predicted molar refractivity (Wildman–Crippen MR) is 87.9 cm³/mol. The van der Waals surface area contributed by atoms with E-state index in [1.165, 1.54) is 5.56 Å². The normalized spacial score (nSPS) is 21.4. The van der Waals surface area contributed by atoms with Crippen LogP contribution < -0.4 is 5.32 Å². The van der Waals surface area contributed by atoms with Gasteiger partial charge in [-0.25, -0.2) is 4.79 Å². The van der Waals surface area contributed by atoms with Gasteiger partial charge in [0.2, 0.25) is 0 Å². The van der Waals surface area contributed by atoms with Crippen LogP contribution in [0.2, 0.25) is 0 Å². The number of pyridine rings is 1. The number of hydrogen-bond donors (Lipinski definition) is 1. The Bertz CT molecular complexity index is 629. The van der Waals surface area contributed by atoms with E-state index in [0.29, 0.717) is 0 Å². The number of benzene rings is 1. The van der Waals surface area contributed by atoms with Crippen molar-refractivity contribution in [3.63, 3.8) is 0 Å². The van der Waals surface area contributed by atoms with Crippen LogP contribution in [0.15, 0.2) is 54.9 Å². The highest BCUT2D eigenvalue weighted by atomic mass is 16.2. The third kappa shape index (κ3) is 3.11. The van der Waals surface area contributed by atoms with Crippen LogP contribution in [0.5, 0.6) is 0 Å². The predicted octanol–water partition coefficient (Wildman–Crippen LogP) is 3.67. The number of carbonyl (C=O) groups excluding carboxylic acids is 1. The van der Waals surface area contributed by atoms with E-state index in [4.69, 9.17) is 0 Å². The van der Waals surface area contributed by atoms with Crippen molar-refractivity contribution < 1.29 is 4.79 Å². The van der Waals surface area contributed by atoms with Crippen molar-refractivity contribution in [2.45, 2.75) is 25.2 Å². The van der Waals surface area contributed by atoms with Crippen LogP contribution in [-0.4, -0.2) is 29.0 Å². The molecule has 4 heteroatoms. The smallest absolute Gasteiger partial charge is 0.321 e. The Hall–Kier alpha value is -2.36. The lowest BCUT2D eigenvalue weighted by Gasteiger charge is -2.40. The molecule has 0 aliphatic carbocycles. The molecule has 0 bridgehead atoms. The summed E-state index contributed by atoms with van der Waals surface area (Å²) in [5, 5.41) is 2.95. The number of rotatable bonds is 2. The summed E-state index contributed by atoms with van der Waals surface area (Å²) in [6.07, 6.45) is 5.49. The fourth-order valence-electron chi connectivity index (χ4n) is 3.13. The first kappa shape index (κ1) is 14.6. The van der Waals surface area contributed by atoms with E-state index < -0.39 is 0 Å². The number of carbonyl (C=O) groups is 1. The second-order valence-corrected chi connectivity index (χ2v) is 6.12. The average Bonchev–Trinajstić information content (AvgIpc) is 2.57. The molecule has 114 valence electrons. The van der Waals surface area contributed by atoms with E-state index >= 15 is 0 Å². The molecule has 1 aromatic heterocycles. The second-order valence-electron chi connectivity index (χ2n) is 6.12. The molecule has 0 spiro atoms. The topological polar surface area (TPSA) is 45.2 Å². The first-order chi connectivity index (χ1) is 10.7. The van der Waals surface area contributed by atoms with Gasteiger partial charge >= 0.3 is 6.03 Å². The molecule has 4 nitrogen and oxygen atoms in total. The molecule has 2 aromatic rings. The maximum Gasteiger partial charge on any atom is 0.321 e. The first-order valence-corrected chi connectivity index (χ1v) is 7.69. The number of piperidine rings is 1. The molecule has 0 radical (unpaired) electrons. The van der Waals surface area contributed by atoms with Gasteiger partial charge in [-0.05, 0) is 30.5 Å². The molecule has 3 rings (SSSR count).